The van der Waals surface area contributed by atoms with Gasteiger partial charge in [-0.15, -0.1) is 11.3 Å². The number of anilines is 3. The van der Waals surface area contributed by atoms with Crippen molar-refractivity contribution in [3.8, 4) is 0 Å². The van der Waals surface area contributed by atoms with Gasteiger partial charge in [-0.25, -0.2) is 15.0 Å². The molecule has 1 saturated heterocycles. The molecule has 1 amide bonds. The fourth-order valence-corrected chi connectivity index (χ4v) is 4.68. The number of nitrogens with one attached hydrogen (secondary N) is 1. The lowest BCUT2D eigenvalue weighted by molar-refractivity contribution is 0.0647. The summed E-state index contributed by atoms with van der Waals surface area (Å²) in [7, 11) is 0. The lowest BCUT2D eigenvalue weighted by Crippen LogP contribution is -2.47. The summed E-state index contributed by atoms with van der Waals surface area (Å²) in [5.41, 5.74) is 9.10. The van der Waals surface area contributed by atoms with Crippen molar-refractivity contribution < 1.29 is 4.79 Å². The Kier molecular flexibility index (Phi) is 5.42. The minimum atomic E-state index is -0.246. The number of nitrogens with zero attached hydrogens (tertiary/aromatic N) is 4. The quantitative estimate of drug-likeness (QED) is 0.658. The Morgan fingerprint density at radius 1 is 1.23 bits per heavy atom. The van der Waals surface area contributed by atoms with Crippen LogP contribution in [0, 0.1) is 13.8 Å². The van der Waals surface area contributed by atoms with Gasteiger partial charge in [0.25, 0.3) is 5.91 Å². The van der Waals surface area contributed by atoms with Gasteiger partial charge >= 0.3 is 0 Å². The molecule has 0 saturated carbocycles. The van der Waals surface area contributed by atoms with Gasteiger partial charge in [-0.1, -0.05) is 13.0 Å². The first kappa shape index (κ1) is 20.3. The van der Waals surface area contributed by atoms with Crippen LogP contribution in [0.15, 0.2) is 35.7 Å². The van der Waals surface area contributed by atoms with Gasteiger partial charge in [0.05, 0.1) is 11.4 Å². The smallest absolute Gasteiger partial charge is 0.253 e. The van der Waals surface area contributed by atoms with E-state index in [0.717, 1.165) is 41.6 Å². The molecule has 0 radical (unpaired) electrons. The Balaban J connectivity index is 1.53. The molecule has 1 fully saturated rings. The number of likely N-dealkylation sites (tertiary alicyclic amines) is 1. The Morgan fingerprint density at radius 3 is 2.80 bits per heavy atom. The molecule has 2 aromatic heterocycles. The summed E-state index contributed by atoms with van der Waals surface area (Å²) < 4.78 is 0. The highest BCUT2D eigenvalue weighted by Gasteiger charge is 2.36. The van der Waals surface area contributed by atoms with Crippen LogP contribution < -0.4 is 11.1 Å². The summed E-state index contributed by atoms with van der Waals surface area (Å²) in [6.45, 7) is 7.29. The topological polar surface area (TPSA) is 97.0 Å². The molecule has 0 unspecified atom stereocenters. The van der Waals surface area contributed by atoms with Gasteiger partial charge in [-0.05, 0) is 44.9 Å². The molecule has 8 heteroatoms. The van der Waals surface area contributed by atoms with Crippen LogP contribution in [0.1, 0.15) is 47.3 Å². The van der Waals surface area contributed by atoms with E-state index in [9.17, 15) is 4.79 Å². The third-order valence-corrected chi connectivity index (χ3v) is 6.32. The largest absolute Gasteiger partial charge is 0.384 e. The summed E-state index contributed by atoms with van der Waals surface area (Å²) in [5.74, 6) is 1.16. The molecule has 0 aliphatic carbocycles. The SMILES string of the molecule is Cc1csc(Nc2cccc(C(=O)N3CCC[C@](C)(c4cc(N)nc(C)n4)C3)c2)n1. The summed E-state index contributed by atoms with van der Waals surface area (Å²) in [6.07, 6.45) is 1.87. The summed E-state index contributed by atoms with van der Waals surface area (Å²) in [4.78, 5) is 28.4. The molecule has 156 valence electrons. The van der Waals surface area contributed by atoms with Crippen LogP contribution in [0.4, 0.5) is 16.6 Å². The van der Waals surface area contributed by atoms with Crippen LogP contribution in [0.3, 0.4) is 0 Å². The number of carbonyl (C=O) groups excluding carboxylic acids is 1. The molecule has 30 heavy (non-hydrogen) atoms. The predicted molar refractivity (Wildman–Crippen MR) is 120 cm³/mol. The van der Waals surface area contributed by atoms with Gasteiger partial charge in [0.15, 0.2) is 5.13 Å². The molecule has 4 rings (SSSR count). The van der Waals surface area contributed by atoms with Crippen molar-refractivity contribution >= 4 is 33.9 Å². The number of hydrogen-bond acceptors (Lipinski definition) is 7. The van der Waals surface area contributed by atoms with Gasteiger partial charge in [-0.3, -0.25) is 4.79 Å². The molecule has 3 aromatic rings. The van der Waals surface area contributed by atoms with Gasteiger partial charge in [0.2, 0.25) is 0 Å². The average Bonchev–Trinajstić information content (AvgIpc) is 3.11. The van der Waals surface area contributed by atoms with Crippen LogP contribution in [0.2, 0.25) is 0 Å². The van der Waals surface area contributed by atoms with E-state index in [2.05, 4.69) is 27.2 Å². The first-order valence-corrected chi connectivity index (χ1v) is 10.9. The fraction of sp³-hybridized carbons (Fsp3) is 0.364. The number of piperidine rings is 1. The van der Waals surface area contributed by atoms with Crippen molar-refractivity contribution in [1.82, 2.24) is 19.9 Å². The Morgan fingerprint density at radius 2 is 2.07 bits per heavy atom. The predicted octanol–water partition coefficient (Wildman–Crippen LogP) is 4.07. The van der Waals surface area contributed by atoms with Crippen molar-refractivity contribution in [1.29, 1.82) is 0 Å². The highest BCUT2D eigenvalue weighted by atomic mass is 32.1. The van der Waals surface area contributed by atoms with Gasteiger partial charge in [-0.2, -0.15) is 0 Å². The molecule has 1 aliphatic rings. The van der Waals surface area contributed by atoms with Gasteiger partial charge in [0, 0.05) is 41.2 Å². The number of aryl methyl sites for hydroxylation is 2. The minimum absolute atomic E-state index is 0.0265. The van der Waals surface area contributed by atoms with E-state index in [-0.39, 0.29) is 11.3 Å². The first-order valence-electron chi connectivity index (χ1n) is 10.0. The first-order chi connectivity index (χ1) is 14.3. The van der Waals surface area contributed by atoms with Crippen molar-refractivity contribution in [2.75, 3.05) is 24.1 Å². The second kappa shape index (κ2) is 8.02. The average molecular weight is 423 g/mol. The number of nitrogen functional groups attached to an aromatic ring is 1. The van der Waals surface area contributed by atoms with Gasteiger partial charge < -0.3 is 16.0 Å². The third-order valence-electron chi connectivity index (χ3n) is 5.44. The van der Waals surface area contributed by atoms with E-state index >= 15 is 0 Å². The minimum Gasteiger partial charge on any atom is -0.384 e. The number of nitrogens with two attached hydrogens (primary N) is 1. The highest BCUT2D eigenvalue weighted by Crippen LogP contribution is 2.34. The van der Waals surface area contributed by atoms with Crippen LogP contribution >= 0.6 is 11.3 Å². The molecule has 1 aromatic carbocycles. The number of benzene rings is 1. The molecule has 0 bridgehead atoms. The Hall–Kier alpha value is -3.00. The number of carbonyl (C=O) groups is 1. The Labute approximate surface area is 180 Å². The van der Waals surface area contributed by atoms with Crippen molar-refractivity contribution in [2.45, 2.75) is 39.0 Å². The maximum absolute atomic E-state index is 13.3. The molecule has 1 aliphatic heterocycles. The van der Waals surface area contributed by atoms with E-state index < -0.39 is 0 Å². The van der Waals surface area contributed by atoms with E-state index in [4.69, 9.17) is 5.73 Å². The highest BCUT2D eigenvalue weighted by molar-refractivity contribution is 7.13. The van der Waals surface area contributed by atoms with Crippen LogP contribution in [-0.2, 0) is 5.41 Å². The van der Waals surface area contributed by atoms with E-state index in [1.807, 2.05) is 54.5 Å². The molecular weight excluding hydrogens is 396 g/mol. The fourth-order valence-electron chi connectivity index (χ4n) is 3.97. The second-order valence-electron chi connectivity index (χ2n) is 8.12. The van der Waals surface area contributed by atoms with Crippen molar-refractivity contribution in [3.05, 3.63) is 58.5 Å². The summed E-state index contributed by atoms with van der Waals surface area (Å²) >= 11 is 1.55. The normalized spacial score (nSPS) is 19.0. The molecule has 3 N–H and O–H groups in total. The van der Waals surface area contributed by atoms with Crippen LogP contribution in [0.25, 0.3) is 0 Å². The monoisotopic (exact) mass is 422 g/mol. The number of hydrogen-bond donors (Lipinski definition) is 2. The molecule has 0 spiro atoms. The standard InChI is InChI=1S/C22H26N6OS/c1-14-12-30-21(24-14)27-17-7-4-6-16(10-17)20(29)28-9-5-8-22(3,13-28)18-11-19(23)26-15(2)25-18/h4,6-7,10-12H,5,8-9,13H2,1-3H3,(H,24,27)(H2,23,25,26)/t22-/m0/s1. The lowest BCUT2D eigenvalue weighted by atomic mass is 9.78. The second-order valence-corrected chi connectivity index (χ2v) is 8.97. The Bertz CT molecular complexity index is 1060. The number of rotatable bonds is 4. The molecular formula is C22H26N6OS. The maximum atomic E-state index is 13.3. The third kappa shape index (κ3) is 4.28. The summed E-state index contributed by atoms with van der Waals surface area (Å²) in [5, 5.41) is 6.10. The number of thiazole rings is 1. The maximum Gasteiger partial charge on any atom is 0.253 e. The van der Waals surface area contributed by atoms with Crippen LogP contribution in [0.5, 0.6) is 0 Å². The zero-order valence-corrected chi connectivity index (χ0v) is 18.3. The lowest BCUT2D eigenvalue weighted by Gasteiger charge is -2.40. The zero-order valence-electron chi connectivity index (χ0n) is 17.5. The van der Waals surface area contributed by atoms with Gasteiger partial charge in [0.1, 0.15) is 11.6 Å². The molecule has 7 nitrogen and oxygen atoms in total. The molecule has 1 atom stereocenters. The van der Waals surface area contributed by atoms with E-state index in [1.54, 1.807) is 11.3 Å². The summed E-state index contributed by atoms with van der Waals surface area (Å²) in [6, 6.07) is 9.42. The zero-order chi connectivity index (χ0) is 21.3. The number of aromatic nitrogens is 3. The van der Waals surface area contributed by atoms with Crippen molar-refractivity contribution in [3.63, 3.8) is 0 Å². The van der Waals surface area contributed by atoms with Crippen LogP contribution in [-0.4, -0.2) is 38.8 Å². The van der Waals surface area contributed by atoms with E-state index in [1.165, 1.54) is 0 Å². The number of amides is 1. The molecule has 3 heterocycles. The van der Waals surface area contributed by atoms with Crippen molar-refractivity contribution in [2.24, 2.45) is 0 Å². The van der Waals surface area contributed by atoms with E-state index in [0.29, 0.717) is 23.8 Å².